The number of Topliss-reactive ketones (excluding diaryl/α,β-unsaturated/α-hetero) is 2. The number of aliphatic hydroxyl groups excluding tert-OH is 1. The zero-order valence-electron chi connectivity index (χ0n) is 46.0. The molecule has 5 aliphatic rings. The number of ketones is 2. The molecule has 8 rings (SSSR count). The van der Waals surface area contributed by atoms with E-state index in [-0.39, 0.29) is 109 Å². The Morgan fingerprint density at radius 3 is 2.42 bits per heavy atom. The van der Waals surface area contributed by atoms with Gasteiger partial charge >= 0.3 is 0 Å². The van der Waals surface area contributed by atoms with E-state index in [1.54, 1.807) is 23.1 Å². The fourth-order valence-corrected chi connectivity index (χ4v) is 13.4. The largest absolute Gasteiger partial charge is 0.489 e. The van der Waals surface area contributed by atoms with E-state index in [0.29, 0.717) is 29.2 Å². The van der Waals surface area contributed by atoms with Crippen LogP contribution in [0.1, 0.15) is 158 Å². The van der Waals surface area contributed by atoms with Gasteiger partial charge in [-0.3, -0.25) is 24.2 Å². The van der Waals surface area contributed by atoms with E-state index in [9.17, 15) is 29.5 Å². The molecular weight excluding hydrogens is 976 g/mol. The predicted octanol–water partition coefficient (Wildman–Crippen LogP) is 10.9. The number of fused-ring (bicyclic) bond motifs is 1. The Kier molecular flexibility index (Phi) is 17.5. The first-order valence-corrected chi connectivity index (χ1v) is 27.8. The van der Waals surface area contributed by atoms with E-state index in [4.69, 9.17) is 25.8 Å². The standard InChI is InChI=1S/C63H77ClN4O8/c1-38(41-16-18-42(19-17-41)49-14-10-11-25-66-39(49)2)67-58(72)54-33-47(69)36-68(54)59(73)52(61(3,4)5)31-43-21-24-50(43)55(70)37-75-28-27-74-26-12-13-40-15-23-51-45(29-40)30-46(57(51)71)32-56-62(6,7)60(63(56,8)9)76-48-22-20-44(35-65)53(64)34-48/h15-20,22-23,25,29,34,38,43,46-47,50,52,54,56,60,69H,10-11,14,21,24,26-28,30-33,36-37H2,1-9H3,(H,67,72)/t38-,43+,46?,47+,50?,52+,54-,56-,60-/m0/s1. The zero-order chi connectivity index (χ0) is 54.7. The van der Waals surface area contributed by atoms with Gasteiger partial charge in [0.2, 0.25) is 11.8 Å². The SMILES string of the molecule is CC1=C(c2ccc([C@H](C)NC(=O)[C@@H]3C[C@@H](O)CN3C(=O)[C@@H](C[C@H]3CCC3C(=O)COCCOCC#Cc3ccc4c(c3)CC(C[C@H]3C(C)(C)[C@H](Oc5ccc(C#N)c(Cl)c5)C3(C)C)C4=O)C(C)(C)C)cc2)CCCC=N1. The van der Waals surface area contributed by atoms with E-state index in [1.807, 2.05) is 71.2 Å². The van der Waals surface area contributed by atoms with Gasteiger partial charge in [0, 0.05) is 70.7 Å². The second kappa shape index (κ2) is 23.5. The van der Waals surface area contributed by atoms with Crippen LogP contribution in [0.4, 0.5) is 0 Å². The molecule has 13 heteroatoms. The molecule has 0 spiro atoms. The molecule has 404 valence electrons. The summed E-state index contributed by atoms with van der Waals surface area (Å²) in [6.45, 7) is 19.6. The lowest BCUT2D eigenvalue weighted by molar-refractivity contribution is -0.203. The highest BCUT2D eigenvalue weighted by molar-refractivity contribution is 6.31. The maximum absolute atomic E-state index is 14.5. The van der Waals surface area contributed by atoms with Crippen molar-refractivity contribution in [1.29, 1.82) is 5.26 Å². The molecule has 2 N–H and O–H groups in total. The minimum Gasteiger partial charge on any atom is -0.489 e. The molecule has 3 aromatic rings. The lowest BCUT2D eigenvalue weighted by Crippen LogP contribution is -2.66. The number of β-amino-alcohol motifs (C(OH)–C–C–N with tert-alkyl or cyclic N) is 1. The van der Waals surface area contributed by atoms with Crippen molar-refractivity contribution in [2.45, 2.75) is 144 Å². The third kappa shape index (κ3) is 12.4. The van der Waals surface area contributed by atoms with E-state index in [1.165, 1.54) is 5.57 Å². The number of carbonyl (C=O) groups is 4. The smallest absolute Gasteiger partial charge is 0.243 e. The monoisotopic (exact) mass is 1050 g/mol. The van der Waals surface area contributed by atoms with Gasteiger partial charge in [-0.1, -0.05) is 96.2 Å². The van der Waals surface area contributed by atoms with Crippen LogP contribution < -0.4 is 10.1 Å². The molecule has 7 atom stereocenters. The third-order valence-corrected chi connectivity index (χ3v) is 17.7. The quantitative estimate of drug-likeness (QED) is 0.0931. The number of hydrogen-bond donors (Lipinski definition) is 2. The Balaban J connectivity index is 0.758. The number of aliphatic hydroxyl groups is 1. The summed E-state index contributed by atoms with van der Waals surface area (Å²) in [5.41, 5.74) is 6.53. The van der Waals surface area contributed by atoms with E-state index in [2.05, 4.69) is 68.0 Å². The van der Waals surface area contributed by atoms with Gasteiger partial charge in [0.05, 0.1) is 35.9 Å². The maximum Gasteiger partial charge on any atom is 0.243 e. The van der Waals surface area contributed by atoms with Crippen molar-refractivity contribution in [1.82, 2.24) is 10.2 Å². The van der Waals surface area contributed by atoms with Gasteiger partial charge in [0.15, 0.2) is 11.6 Å². The zero-order valence-corrected chi connectivity index (χ0v) is 46.7. The molecule has 2 unspecified atom stereocenters. The van der Waals surface area contributed by atoms with Crippen LogP contribution in [-0.2, 0) is 30.3 Å². The number of nitrogens with zero attached hydrogens (tertiary/aromatic N) is 3. The summed E-state index contributed by atoms with van der Waals surface area (Å²) >= 11 is 6.30. The Bertz CT molecular complexity index is 2830. The Morgan fingerprint density at radius 2 is 1.74 bits per heavy atom. The Hall–Kier alpha value is -5.63. The van der Waals surface area contributed by atoms with E-state index >= 15 is 0 Å². The predicted molar refractivity (Wildman–Crippen MR) is 296 cm³/mol. The van der Waals surface area contributed by atoms with Crippen molar-refractivity contribution in [3.63, 3.8) is 0 Å². The fourth-order valence-electron chi connectivity index (χ4n) is 13.1. The van der Waals surface area contributed by atoms with Crippen LogP contribution in [0.5, 0.6) is 5.75 Å². The molecule has 2 aliphatic heterocycles. The average molecular weight is 1050 g/mol. The summed E-state index contributed by atoms with van der Waals surface area (Å²) in [5, 5.41) is 23.6. The Morgan fingerprint density at radius 1 is 1.00 bits per heavy atom. The molecule has 0 radical (unpaired) electrons. The summed E-state index contributed by atoms with van der Waals surface area (Å²) < 4.78 is 18.0. The van der Waals surface area contributed by atoms with Crippen molar-refractivity contribution >= 4 is 46.8 Å². The molecule has 3 aromatic carbocycles. The van der Waals surface area contributed by atoms with Crippen LogP contribution in [0.2, 0.25) is 5.02 Å². The van der Waals surface area contributed by atoms with Crippen molar-refractivity contribution in [2.24, 2.45) is 50.8 Å². The first kappa shape index (κ1) is 56.6. The lowest BCUT2D eigenvalue weighted by atomic mass is 9.44. The minimum absolute atomic E-state index is 0.0164. The second-order valence-electron chi connectivity index (χ2n) is 24.3. The Labute approximate surface area is 455 Å². The van der Waals surface area contributed by atoms with Gasteiger partial charge in [-0.25, -0.2) is 0 Å². The summed E-state index contributed by atoms with van der Waals surface area (Å²) in [4.78, 5) is 61.6. The number of nitriles is 1. The van der Waals surface area contributed by atoms with Gasteiger partial charge in [0.1, 0.15) is 37.2 Å². The first-order chi connectivity index (χ1) is 36.1. The van der Waals surface area contributed by atoms with Crippen LogP contribution in [0.3, 0.4) is 0 Å². The average Bonchev–Trinajstić information content (AvgIpc) is 3.90. The number of benzene rings is 3. The second-order valence-corrected chi connectivity index (χ2v) is 24.7. The van der Waals surface area contributed by atoms with Crippen LogP contribution >= 0.6 is 11.6 Å². The van der Waals surface area contributed by atoms with Gasteiger partial charge in [-0.05, 0) is 135 Å². The molecule has 3 aliphatic carbocycles. The van der Waals surface area contributed by atoms with Crippen molar-refractivity contribution in [3.8, 4) is 23.7 Å². The number of likely N-dealkylation sites (tertiary alicyclic amines) is 1. The number of rotatable bonds is 18. The summed E-state index contributed by atoms with van der Waals surface area (Å²) in [7, 11) is 0. The van der Waals surface area contributed by atoms with Gasteiger partial charge < -0.3 is 29.5 Å². The molecule has 76 heavy (non-hydrogen) atoms. The number of nitrogens with one attached hydrogen (secondary N) is 1. The minimum atomic E-state index is -0.808. The van der Waals surface area contributed by atoms with Crippen LogP contribution in [-0.4, -0.2) is 90.8 Å². The molecule has 2 amide bonds. The van der Waals surface area contributed by atoms with Crippen LogP contribution in [0, 0.1) is 69.0 Å². The van der Waals surface area contributed by atoms with Crippen LogP contribution in [0.25, 0.3) is 5.57 Å². The summed E-state index contributed by atoms with van der Waals surface area (Å²) in [6, 6.07) is 20.2. The number of carbonyl (C=O) groups excluding carboxylic acids is 4. The van der Waals surface area contributed by atoms with Gasteiger partial charge in [-0.2, -0.15) is 5.26 Å². The number of aliphatic imine (C=N–C) groups is 1. The highest BCUT2D eigenvalue weighted by Gasteiger charge is 2.64. The van der Waals surface area contributed by atoms with Crippen molar-refractivity contribution in [3.05, 3.63) is 105 Å². The molecular formula is C63H77ClN4O8. The highest BCUT2D eigenvalue weighted by Crippen LogP contribution is 2.63. The maximum atomic E-state index is 14.5. The normalized spacial score (nSPS) is 25.2. The van der Waals surface area contributed by atoms with Gasteiger partial charge in [0.25, 0.3) is 0 Å². The first-order valence-electron chi connectivity index (χ1n) is 27.4. The van der Waals surface area contributed by atoms with Crippen molar-refractivity contribution < 1.29 is 38.5 Å². The molecule has 2 heterocycles. The summed E-state index contributed by atoms with van der Waals surface area (Å²) in [5.74, 6) is 6.12. The molecule has 1 saturated heterocycles. The lowest BCUT2D eigenvalue weighted by Gasteiger charge is -2.64. The molecule has 0 aromatic heterocycles. The molecule has 12 nitrogen and oxygen atoms in total. The topological polar surface area (TPSA) is 168 Å². The molecule has 0 bridgehead atoms. The van der Waals surface area contributed by atoms with E-state index < -0.39 is 23.5 Å². The third-order valence-electron chi connectivity index (χ3n) is 17.4. The van der Waals surface area contributed by atoms with Gasteiger partial charge in [-0.15, -0.1) is 0 Å². The number of ether oxygens (including phenoxy) is 3. The number of allylic oxidation sites excluding steroid dienone is 2. The number of amides is 2. The molecule has 3 fully saturated rings. The number of halogens is 1. The molecule has 2 saturated carbocycles. The number of hydrogen-bond acceptors (Lipinski definition) is 10. The van der Waals surface area contributed by atoms with E-state index in [0.717, 1.165) is 72.0 Å². The van der Waals surface area contributed by atoms with Crippen LogP contribution in [0.15, 0.2) is 71.4 Å². The highest BCUT2D eigenvalue weighted by atomic mass is 35.5. The summed E-state index contributed by atoms with van der Waals surface area (Å²) in [6.07, 6.45) is 7.75. The van der Waals surface area contributed by atoms with Crippen molar-refractivity contribution in [2.75, 3.05) is 33.0 Å². The fraction of sp³-hybridized carbons (Fsp3) is 0.556.